The van der Waals surface area contributed by atoms with Crippen molar-refractivity contribution in [2.45, 2.75) is 17.2 Å². The average molecular weight is 248 g/mol. The number of hydrogen-bond donors (Lipinski definition) is 1. The molecule has 0 radical (unpaired) electrons. The summed E-state index contributed by atoms with van der Waals surface area (Å²) in [5.74, 6) is -1.08. The molecule has 2 aromatic heterocycles. The number of carboxylic acids is 1. The number of rotatable bonds is 3. The van der Waals surface area contributed by atoms with Crippen molar-refractivity contribution in [3.8, 4) is 0 Å². The van der Waals surface area contributed by atoms with Gasteiger partial charge in [0.05, 0.1) is 0 Å². The van der Waals surface area contributed by atoms with Crippen LogP contribution in [-0.2, 0) is 0 Å². The molecule has 0 bridgehead atoms. The second-order valence-electron chi connectivity index (χ2n) is 3.17. The zero-order chi connectivity index (χ0) is 12.3. The van der Waals surface area contributed by atoms with Gasteiger partial charge in [-0.15, -0.1) is 0 Å². The highest BCUT2D eigenvalue weighted by molar-refractivity contribution is 7.99. The van der Waals surface area contributed by atoms with Crippen molar-refractivity contribution in [3.63, 3.8) is 0 Å². The minimum Gasteiger partial charge on any atom is -0.477 e. The van der Waals surface area contributed by atoms with E-state index in [4.69, 9.17) is 5.11 Å². The minimum atomic E-state index is -1.08. The Labute approximate surface area is 101 Å². The molecule has 86 valence electrons. The first-order valence-electron chi connectivity index (χ1n) is 4.68. The van der Waals surface area contributed by atoms with Gasteiger partial charge in [0, 0.05) is 18.6 Å². The minimum absolute atomic E-state index is 0.0467. The molecule has 0 unspecified atom stereocenters. The largest absolute Gasteiger partial charge is 0.477 e. The average Bonchev–Trinajstić information content (AvgIpc) is 2.32. The zero-order valence-electron chi connectivity index (χ0n) is 8.86. The fourth-order valence-electron chi connectivity index (χ4n) is 1.02. The maximum atomic E-state index is 10.7. The second-order valence-corrected chi connectivity index (χ2v) is 4.11. The molecule has 7 heteroatoms. The molecular formula is C10H8N4O2S. The van der Waals surface area contributed by atoms with Crippen LogP contribution in [0.1, 0.15) is 16.1 Å². The quantitative estimate of drug-likeness (QED) is 0.821. The van der Waals surface area contributed by atoms with E-state index in [1.165, 1.54) is 12.3 Å². The maximum Gasteiger partial charge on any atom is 0.354 e. The summed E-state index contributed by atoms with van der Waals surface area (Å²) in [6.45, 7) is 1.88. The van der Waals surface area contributed by atoms with E-state index in [9.17, 15) is 4.79 Å². The molecule has 0 spiro atoms. The van der Waals surface area contributed by atoms with E-state index in [0.29, 0.717) is 10.3 Å². The summed E-state index contributed by atoms with van der Waals surface area (Å²) in [7, 11) is 0. The summed E-state index contributed by atoms with van der Waals surface area (Å²) < 4.78 is 0. The molecule has 2 heterocycles. The van der Waals surface area contributed by atoms with E-state index in [1.54, 1.807) is 12.4 Å². The third kappa shape index (κ3) is 2.97. The number of nitrogens with zero attached hydrogens (tertiary/aromatic N) is 4. The zero-order valence-corrected chi connectivity index (χ0v) is 9.68. The number of aromatic nitrogens is 4. The Hall–Kier alpha value is -2.02. The SMILES string of the molecule is Cc1cnc(Sc2nccc(C(=O)O)n2)nc1. The lowest BCUT2D eigenvalue weighted by Gasteiger charge is -1.99. The molecule has 2 rings (SSSR count). The van der Waals surface area contributed by atoms with Crippen molar-refractivity contribution in [3.05, 3.63) is 35.9 Å². The van der Waals surface area contributed by atoms with Gasteiger partial charge in [-0.3, -0.25) is 0 Å². The molecule has 0 aliphatic heterocycles. The van der Waals surface area contributed by atoms with E-state index in [0.717, 1.165) is 17.3 Å². The lowest BCUT2D eigenvalue weighted by atomic mass is 10.4. The topological polar surface area (TPSA) is 88.9 Å². The lowest BCUT2D eigenvalue weighted by molar-refractivity contribution is 0.0689. The van der Waals surface area contributed by atoms with Gasteiger partial charge < -0.3 is 5.11 Å². The van der Waals surface area contributed by atoms with Crippen LogP contribution < -0.4 is 0 Å². The highest BCUT2D eigenvalue weighted by atomic mass is 32.2. The summed E-state index contributed by atoms with van der Waals surface area (Å²) in [4.78, 5) is 26.7. The summed E-state index contributed by atoms with van der Waals surface area (Å²) >= 11 is 1.12. The molecule has 1 N–H and O–H groups in total. The molecule has 2 aromatic rings. The van der Waals surface area contributed by atoms with Gasteiger partial charge in [0.1, 0.15) is 0 Å². The number of carboxylic acid groups (broad SMARTS) is 1. The van der Waals surface area contributed by atoms with Gasteiger partial charge >= 0.3 is 5.97 Å². The predicted octanol–water partition coefficient (Wildman–Crippen LogP) is 1.42. The monoisotopic (exact) mass is 248 g/mol. The Balaban J connectivity index is 2.21. The molecule has 0 saturated heterocycles. The summed E-state index contributed by atoms with van der Waals surface area (Å²) in [5.41, 5.74) is 0.907. The normalized spacial score (nSPS) is 10.2. The summed E-state index contributed by atoms with van der Waals surface area (Å²) in [6.07, 6.45) is 4.75. The van der Waals surface area contributed by atoms with E-state index in [-0.39, 0.29) is 5.69 Å². The van der Waals surface area contributed by atoms with Crippen molar-refractivity contribution in [2.75, 3.05) is 0 Å². The summed E-state index contributed by atoms with van der Waals surface area (Å²) in [6, 6.07) is 1.34. The van der Waals surface area contributed by atoms with Gasteiger partial charge in [-0.05, 0) is 30.3 Å². The predicted molar refractivity (Wildman–Crippen MR) is 59.9 cm³/mol. The Morgan fingerprint density at radius 1 is 1.24 bits per heavy atom. The second kappa shape index (κ2) is 4.88. The van der Waals surface area contributed by atoms with Crippen LogP contribution in [0.5, 0.6) is 0 Å². The maximum absolute atomic E-state index is 10.7. The van der Waals surface area contributed by atoms with Crippen molar-refractivity contribution < 1.29 is 9.90 Å². The molecule has 0 aliphatic rings. The van der Waals surface area contributed by atoms with Gasteiger partial charge in [0.15, 0.2) is 16.0 Å². The molecule has 0 saturated carbocycles. The summed E-state index contributed by atoms with van der Waals surface area (Å²) in [5, 5.41) is 9.58. The Bertz CT molecular complexity index is 544. The van der Waals surface area contributed by atoms with Crippen LogP contribution in [0.15, 0.2) is 35.0 Å². The highest BCUT2D eigenvalue weighted by Gasteiger charge is 2.08. The first-order valence-corrected chi connectivity index (χ1v) is 5.49. The molecule has 17 heavy (non-hydrogen) atoms. The Morgan fingerprint density at radius 3 is 2.59 bits per heavy atom. The standard InChI is InChI=1S/C10H8N4O2S/c1-6-4-12-9(13-5-6)17-10-11-3-2-7(14-10)8(15)16/h2-5H,1H3,(H,15,16). The molecule has 6 nitrogen and oxygen atoms in total. The first kappa shape index (κ1) is 11.5. The Morgan fingerprint density at radius 2 is 1.94 bits per heavy atom. The van der Waals surface area contributed by atoms with Crippen LogP contribution in [0.3, 0.4) is 0 Å². The lowest BCUT2D eigenvalue weighted by Crippen LogP contribution is -2.01. The van der Waals surface area contributed by atoms with Crippen LogP contribution >= 0.6 is 11.8 Å². The molecule has 0 amide bonds. The van der Waals surface area contributed by atoms with Crippen molar-refractivity contribution in [1.29, 1.82) is 0 Å². The highest BCUT2D eigenvalue weighted by Crippen LogP contribution is 2.19. The van der Waals surface area contributed by atoms with E-state index in [2.05, 4.69) is 19.9 Å². The van der Waals surface area contributed by atoms with E-state index in [1.807, 2.05) is 6.92 Å². The van der Waals surface area contributed by atoms with Gasteiger partial charge in [-0.2, -0.15) is 0 Å². The van der Waals surface area contributed by atoms with Gasteiger partial charge in [-0.1, -0.05) is 0 Å². The molecule has 0 aliphatic carbocycles. The van der Waals surface area contributed by atoms with Crippen LogP contribution in [-0.4, -0.2) is 31.0 Å². The van der Waals surface area contributed by atoms with E-state index < -0.39 is 5.97 Å². The van der Waals surface area contributed by atoms with Crippen molar-refractivity contribution in [1.82, 2.24) is 19.9 Å². The van der Waals surface area contributed by atoms with Crippen molar-refractivity contribution >= 4 is 17.7 Å². The Kier molecular flexibility index (Phi) is 3.29. The number of carbonyl (C=O) groups is 1. The first-order chi connectivity index (χ1) is 8.15. The smallest absolute Gasteiger partial charge is 0.354 e. The van der Waals surface area contributed by atoms with Crippen LogP contribution in [0.4, 0.5) is 0 Å². The fourth-order valence-corrected chi connectivity index (χ4v) is 1.66. The van der Waals surface area contributed by atoms with E-state index >= 15 is 0 Å². The number of aryl methyl sites for hydroxylation is 1. The number of aromatic carboxylic acids is 1. The molecule has 0 fully saturated rings. The van der Waals surface area contributed by atoms with Crippen LogP contribution in [0.25, 0.3) is 0 Å². The number of hydrogen-bond acceptors (Lipinski definition) is 6. The molecule has 0 aromatic carbocycles. The van der Waals surface area contributed by atoms with Crippen LogP contribution in [0.2, 0.25) is 0 Å². The third-order valence-electron chi connectivity index (χ3n) is 1.79. The molecule has 0 atom stereocenters. The van der Waals surface area contributed by atoms with Gasteiger partial charge in [-0.25, -0.2) is 24.7 Å². The van der Waals surface area contributed by atoms with Crippen molar-refractivity contribution in [2.24, 2.45) is 0 Å². The third-order valence-corrected chi connectivity index (χ3v) is 2.57. The van der Waals surface area contributed by atoms with Crippen LogP contribution in [0, 0.1) is 6.92 Å². The van der Waals surface area contributed by atoms with Gasteiger partial charge in [0.2, 0.25) is 0 Å². The van der Waals surface area contributed by atoms with Gasteiger partial charge in [0.25, 0.3) is 0 Å². The fraction of sp³-hybridized carbons (Fsp3) is 0.100. The molecular weight excluding hydrogens is 240 g/mol.